The van der Waals surface area contributed by atoms with Crippen molar-refractivity contribution < 1.29 is 9.59 Å². The van der Waals surface area contributed by atoms with Gasteiger partial charge in [-0.1, -0.05) is 61.2 Å². The van der Waals surface area contributed by atoms with Gasteiger partial charge in [-0.3, -0.25) is 4.79 Å². The standard InChI is InChI=1S/C21H24ClN3O2/c1-23-19(26)17-14-16(10-11-18(17)22)24-20(27)25-21(12-6-3-7-13-21)15-8-4-2-5-9-15/h2,4-5,8-11,14H,3,6-7,12-13H2,1H3,(H,23,26)(H2,24,25,27). The van der Waals surface area contributed by atoms with Gasteiger partial charge in [0.05, 0.1) is 16.1 Å². The summed E-state index contributed by atoms with van der Waals surface area (Å²) in [6.45, 7) is 0. The zero-order valence-electron chi connectivity index (χ0n) is 15.3. The van der Waals surface area contributed by atoms with E-state index in [1.165, 1.54) is 13.5 Å². The molecule has 0 radical (unpaired) electrons. The molecular weight excluding hydrogens is 362 g/mol. The third-order valence-electron chi connectivity index (χ3n) is 5.08. The molecule has 0 bridgehead atoms. The third-order valence-corrected chi connectivity index (χ3v) is 5.41. The Balaban J connectivity index is 1.78. The number of hydrogen-bond acceptors (Lipinski definition) is 2. The fourth-order valence-electron chi connectivity index (χ4n) is 3.69. The Morgan fingerprint density at radius 2 is 1.70 bits per heavy atom. The number of carbonyl (C=O) groups is 2. The van der Waals surface area contributed by atoms with E-state index in [-0.39, 0.29) is 17.5 Å². The monoisotopic (exact) mass is 385 g/mol. The zero-order chi connectivity index (χ0) is 19.3. The van der Waals surface area contributed by atoms with Gasteiger partial charge < -0.3 is 16.0 Å². The number of rotatable bonds is 4. The van der Waals surface area contributed by atoms with Crippen LogP contribution in [0, 0.1) is 0 Å². The SMILES string of the molecule is CNC(=O)c1cc(NC(=O)NC2(c3ccccc3)CCCCC2)ccc1Cl. The highest BCUT2D eigenvalue weighted by atomic mass is 35.5. The van der Waals surface area contributed by atoms with Crippen LogP contribution in [0.25, 0.3) is 0 Å². The summed E-state index contributed by atoms with van der Waals surface area (Å²) in [5, 5.41) is 8.92. The highest BCUT2D eigenvalue weighted by molar-refractivity contribution is 6.34. The van der Waals surface area contributed by atoms with Crippen molar-refractivity contribution in [2.45, 2.75) is 37.6 Å². The summed E-state index contributed by atoms with van der Waals surface area (Å²) >= 11 is 6.08. The van der Waals surface area contributed by atoms with E-state index in [9.17, 15) is 9.59 Å². The van der Waals surface area contributed by atoms with Crippen LogP contribution in [0.1, 0.15) is 48.0 Å². The Kier molecular flexibility index (Phi) is 6.01. The topological polar surface area (TPSA) is 70.2 Å². The van der Waals surface area contributed by atoms with Gasteiger partial charge in [0.25, 0.3) is 5.91 Å². The van der Waals surface area contributed by atoms with E-state index in [0.717, 1.165) is 31.2 Å². The van der Waals surface area contributed by atoms with Crippen LogP contribution < -0.4 is 16.0 Å². The van der Waals surface area contributed by atoms with Crippen molar-refractivity contribution in [2.24, 2.45) is 0 Å². The number of nitrogens with one attached hydrogen (secondary N) is 3. The first kappa shape index (κ1) is 19.2. The molecule has 5 nitrogen and oxygen atoms in total. The van der Waals surface area contributed by atoms with Crippen molar-refractivity contribution in [3.8, 4) is 0 Å². The number of benzene rings is 2. The maximum Gasteiger partial charge on any atom is 0.319 e. The lowest BCUT2D eigenvalue weighted by Gasteiger charge is -2.38. The number of anilines is 1. The summed E-state index contributed by atoms with van der Waals surface area (Å²) in [4.78, 5) is 24.6. The zero-order valence-corrected chi connectivity index (χ0v) is 16.1. The predicted octanol–water partition coefficient (Wildman–Crippen LogP) is 4.68. The minimum Gasteiger partial charge on any atom is -0.355 e. The van der Waals surface area contributed by atoms with Gasteiger partial charge in [-0.25, -0.2) is 4.79 Å². The van der Waals surface area contributed by atoms with Crippen molar-refractivity contribution >= 4 is 29.2 Å². The van der Waals surface area contributed by atoms with Crippen LogP contribution in [0.2, 0.25) is 5.02 Å². The minimum atomic E-state index is -0.361. The highest BCUT2D eigenvalue weighted by Gasteiger charge is 2.35. The van der Waals surface area contributed by atoms with E-state index in [2.05, 4.69) is 28.1 Å². The number of halogens is 1. The van der Waals surface area contributed by atoms with E-state index >= 15 is 0 Å². The van der Waals surface area contributed by atoms with Gasteiger partial charge in [-0.2, -0.15) is 0 Å². The van der Waals surface area contributed by atoms with Gasteiger partial charge >= 0.3 is 6.03 Å². The maximum absolute atomic E-state index is 12.7. The molecule has 3 N–H and O–H groups in total. The van der Waals surface area contributed by atoms with Crippen LogP contribution in [0.5, 0.6) is 0 Å². The molecule has 1 fully saturated rings. The van der Waals surface area contributed by atoms with E-state index in [1.807, 2.05) is 18.2 Å². The molecule has 2 aromatic rings. The van der Waals surface area contributed by atoms with Crippen LogP contribution in [-0.2, 0) is 5.54 Å². The molecule has 0 atom stereocenters. The Morgan fingerprint density at radius 3 is 2.37 bits per heavy atom. The number of urea groups is 1. The fourth-order valence-corrected chi connectivity index (χ4v) is 3.89. The molecule has 0 saturated heterocycles. The summed E-state index contributed by atoms with van der Waals surface area (Å²) < 4.78 is 0. The molecule has 1 aliphatic carbocycles. The summed E-state index contributed by atoms with van der Waals surface area (Å²) in [6.07, 6.45) is 5.17. The smallest absolute Gasteiger partial charge is 0.319 e. The second-order valence-corrected chi connectivity index (χ2v) is 7.27. The summed E-state index contributed by atoms with van der Waals surface area (Å²) in [5.41, 5.74) is 1.61. The molecule has 0 aliphatic heterocycles. The molecule has 0 spiro atoms. The summed E-state index contributed by atoms with van der Waals surface area (Å²) in [5.74, 6) is -0.294. The molecular formula is C21H24ClN3O2. The Morgan fingerprint density at radius 1 is 1.00 bits per heavy atom. The molecule has 142 valence electrons. The van der Waals surface area contributed by atoms with Crippen LogP contribution in [0.3, 0.4) is 0 Å². The molecule has 3 rings (SSSR count). The van der Waals surface area contributed by atoms with Gasteiger partial charge in [-0.05, 0) is 36.6 Å². The second kappa shape index (κ2) is 8.44. The van der Waals surface area contributed by atoms with Gasteiger partial charge in [0.1, 0.15) is 0 Å². The average Bonchev–Trinajstić information content (AvgIpc) is 2.70. The molecule has 2 aromatic carbocycles. The molecule has 0 unspecified atom stereocenters. The van der Waals surface area contributed by atoms with Crippen molar-refractivity contribution in [2.75, 3.05) is 12.4 Å². The van der Waals surface area contributed by atoms with Crippen molar-refractivity contribution in [1.82, 2.24) is 10.6 Å². The molecule has 1 aliphatic rings. The molecule has 0 heterocycles. The normalized spacial score (nSPS) is 15.6. The first-order chi connectivity index (χ1) is 13.0. The van der Waals surface area contributed by atoms with E-state index < -0.39 is 0 Å². The predicted molar refractivity (Wildman–Crippen MR) is 108 cm³/mol. The molecule has 0 aromatic heterocycles. The fraction of sp³-hybridized carbons (Fsp3) is 0.333. The molecule has 27 heavy (non-hydrogen) atoms. The number of amides is 3. The van der Waals surface area contributed by atoms with Crippen molar-refractivity contribution in [3.05, 3.63) is 64.7 Å². The first-order valence-corrected chi connectivity index (χ1v) is 9.58. The summed E-state index contributed by atoms with van der Waals surface area (Å²) in [7, 11) is 1.54. The quantitative estimate of drug-likeness (QED) is 0.715. The number of carbonyl (C=O) groups excluding carboxylic acids is 2. The first-order valence-electron chi connectivity index (χ1n) is 9.20. The van der Waals surface area contributed by atoms with Gasteiger partial charge in [-0.15, -0.1) is 0 Å². The highest BCUT2D eigenvalue weighted by Crippen LogP contribution is 2.37. The Bertz CT molecular complexity index is 817. The molecule has 1 saturated carbocycles. The van der Waals surface area contributed by atoms with Crippen molar-refractivity contribution in [3.63, 3.8) is 0 Å². The van der Waals surface area contributed by atoms with Gasteiger partial charge in [0.2, 0.25) is 0 Å². The Labute approximate surface area is 164 Å². The maximum atomic E-state index is 12.7. The lowest BCUT2D eigenvalue weighted by atomic mass is 9.76. The largest absolute Gasteiger partial charge is 0.355 e. The lowest BCUT2D eigenvalue weighted by molar-refractivity contribution is 0.0963. The van der Waals surface area contributed by atoms with Crippen LogP contribution in [-0.4, -0.2) is 19.0 Å². The van der Waals surface area contributed by atoms with E-state index in [1.54, 1.807) is 18.2 Å². The van der Waals surface area contributed by atoms with Gasteiger partial charge in [0.15, 0.2) is 0 Å². The lowest BCUT2D eigenvalue weighted by Crippen LogP contribution is -2.48. The second-order valence-electron chi connectivity index (χ2n) is 6.86. The Hall–Kier alpha value is -2.53. The number of hydrogen-bond donors (Lipinski definition) is 3. The third kappa shape index (κ3) is 4.42. The minimum absolute atomic E-state index is 0.286. The molecule has 3 amide bonds. The van der Waals surface area contributed by atoms with E-state index in [4.69, 9.17) is 11.6 Å². The van der Waals surface area contributed by atoms with Crippen molar-refractivity contribution in [1.29, 1.82) is 0 Å². The van der Waals surface area contributed by atoms with E-state index in [0.29, 0.717) is 16.3 Å². The average molecular weight is 386 g/mol. The van der Waals surface area contributed by atoms with Crippen LogP contribution in [0.15, 0.2) is 48.5 Å². The van der Waals surface area contributed by atoms with Crippen LogP contribution >= 0.6 is 11.6 Å². The molecule has 6 heteroatoms. The van der Waals surface area contributed by atoms with Gasteiger partial charge in [0, 0.05) is 12.7 Å². The summed E-state index contributed by atoms with van der Waals surface area (Å²) in [6, 6.07) is 14.7. The van der Waals surface area contributed by atoms with Crippen LogP contribution in [0.4, 0.5) is 10.5 Å².